The zero-order valence-corrected chi connectivity index (χ0v) is 12.0. The summed E-state index contributed by atoms with van der Waals surface area (Å²) in [5.41, 5.74) is 5.34. The zero-order chi connectivity index (χ0) is 14.8. The standard InChI is InChI=1S/C14H21N5O2/c15-13(20)11-2-1-7-18(9-11)14(21)17-12-5-6-16-19(12)8-10-3-4-10/h5-6,10-11H,1-4,7-9H2,(H2,15,20)(H,17,21)/t11-/m1/s1. The van der Waals surface area contributed by atoms with E-state index < -0.39 is 0 Å². The fourth-order valence-electron chi connectivity index (χ4n) is 2.71. The third kappa shape index (κ3) is 3.34. The van der Waals surface area contributed by atoms with Gasteiger partial charge in [0.15, 0.2) is 0 Å². The first kappa shape index (κ1) is 13.9. The van der Waals surface area contributed by atoms with Crippen LogP contribution in [0.5, 0.6) is 0 Å². The average Bonchev–Trinajstić information content (AvgIpc) is 3.19. The molecule has 1 aromatic heterocycles. The number of amides is 3. The first-order chi connectivity index (χ1) is 10.1. The number of urea groups is 1. The van der Waals surface area contributed by atoms with Crippen LogP contribution in [-0.4, -0.2) is 39.7 Å². The monoisotopic (exact) mass is 291 g/mol. The second-order valence-corrected chi connectivity index (χ2v) is 5.96. The van der Waals surface area contributed by atoms with E-state index in [4.69, 9.17) is 5.73 Å². The van der Waals surface area contributed by atoms with Crippen LogP contribution in [0, 0.1) is 11.8 Å². The molecule has 2 aliphatic rings. The molecule has 0 aromatic carbocycles. The molecule has 1 aliphatic carbocycles. The molecule has 0 bridgehead atoms. The van der Waals surface area contributed by atoms with E-state index in [0.717, 1.165) is 19.4 Å². The van der Waals surface area contributed by atoms with Crippen molar-refractivity contribution in [3.8, 4) is 0 Å². The van der Waals surface area contributed by atoms with Gasteiger partial charge in [-0.25, -0.2) is 9.48 Å². The van der Waals surface area contributed by atoms with E-state index in [1.807, 2.05) is 4.68 Å². The number of anilines is 1. The fourth-order valence-corrected chi connectivity index (χ4v) is 2.71. The minimum absolute atomic E-state index is 0.182. The number of hydrogen-bond acceptors (Lipinski definition) is 3. The molecule has 3 N–H and O–H groups in total. The SMILES string of the molecule is NC(=O)[C@@H]1CCCN(C(=O)Nc2ccnn2CC2CC2)C1. The number of piperidine rings is 1. The highest BCUT2D eigenvalue weighted by molar-refractivity contribution is 5.89. The number of likely N-dealkylation sites (tertiary alicyclic amines) is 1. The molecule has 21 heavy (non-hydrogen) atoms. The van der Waals surface area contributed by atoms with Gasteiger partial charge < -0.3 is 10.6 Å². The Hall–Kier alpha value is -2.05. The van der Waals surface area contributed by atoms with Crippen LogP contribution in [0.2, 0.25) is 0 Å². The molecule has 0 radical (unpaired) electrons. The van der Waals surface area contributed by atoms with Crippen LogP contribution < -0.4 is 11.1 Å². The van der Waals surface area contributed by atoms with Crippen LogP contribution in [0.3, 0.4) is 0 Å². The highest BCUT2D eigenvalue weighted by Gasteiger charge is 2.28. The van der Waals surface area contributed by atoms with Gasteiger partial charge in [-0.2, -0.15) is 5.10 Å². The van der Waals surface area contributed by atoms with Gasteiger partial charge in [0.2, 0.25) is 5.91 Å². The molecular weight excluding hydrogens is 270 g/mol. The highest BCUT2D eigenvalue weighted by Crippen LogP contribution is 2.31. The predicted molar refractivity (Wildman–Crippen MR) is 77.5 cm³/mol. The summed E-state index contributed by atoms with van der Waals surface area (Å²) in [5, 5.41) is 7.14. The molecule has 7 heteroatoms. The van der Waals surface area contributed by atoms with E-state index in [0.29, 0.717) is 24.8 Å². The summed E-state index contributed by atoms with van der Waals surface area (Å²) in [6.45, 7) is 1.91. The summed E-state index contributed by atoms with van der Waals surface area (Å²) in [6, 6.07) is 1.62. The summed E-state index contributed by atoms with van der Waals surface area (Å²) in [5.74, 6) is 0.843. The normalized spacial score (nSPS) is 22.1. The van der Waals surface area contributed by atoms with Crippen LogP contribution in [0.15, 0.2) is 12.3 Å². The quantitative estimate of drug-likeness (QED) is 0.867. The lowest BCUT2D eigenvalue weighted by atomic mass is 9.98. The van der Waals surface area contributed by atoms with Crippen LogP contribution in [0.4, 0.5) is 10.6 Å². The molecule has 1 saturated heterocycles. The van der Waals surface area contributed by atoms with Gasteiger partial charge in [0, 0.05) is 25.7 Å². The number of nitrogens with two attached hydrogens (primary N) is 1. The van der Waals surface area contributed by atoms with Crippen molar-refractivity contribution >= 4 is 17.8 Å². The van der Waals surface area contributed by atoms with Gasteiger partial charge in [-0.15, -0.1) is 0 Å². The Morgan fingerprint density at radius 1 is 1.38 bits per heavy atom. The van der Waals surface area contributed by atoms with Gasteiger partial charge in [-0.1, -0.05) is 0 Å². The van der Waals surface area contributed by atoms with Gasteiger partial charge in [0.1, 0.15) is 5.82 Å². The number of nitrogens with zero attached hydrogens (tertiary/aromatic N) is 3. The number of carbonyl (C=O) groups excluding carboxylic acids is 2. The van der Waals surface area contributed by atoms with Crippen molar-refractivity contribution in [2.45, 2.75) is 32.2 Å². The first-order valence-corrected chi connectivity index (χ1v) is 7.50. The average molecular weight is 291 g/mol. The van der Waals surface area contributed by atoms with E-state index in [1.165, 1.54) is 12.8 Å². The molecule has 7 nitrogen and oxygen atoms in total. The number of nitrogens with one attached hydrogen (secondary N) is 1. The van der Waals surface area contributed by atoms with Crippen molar-refractivity contribution in [2.24, 2.45) is 17.6 Å². The fraction of sp³-hybridized carbons (Fsp3) is 0.643. The van der Waals surface area contributed by atoms with E-state index >= 15 is 0 Å². The van der Waals surface area contributed by atoms with E-state index in [1.54, 1.807) is 17.2 Å². The summed E-state index contributed by atoms with van der Waals surface area (Å²) >= 11 is 0. The summed E-state index contributed by atoms with van der Waals surface area (Å²) in [7, 11) is 0. The molecule has 2 heterocycles. The van der Waals surface area contributed by atoms with E-state index in [2.05, 4.69) is 10.4 Å². The topological polar surface area (TPSA) is 93.2 Å². The summed E-state index contributed by atoms with van der Waals surface area (Å²) < 4.78 is 1.84. The van der Waals surface area contributed by atoms with Gasteiger partial charge in [-0.05, 0) is 31.6 Å². The van der Waals surface area contributed by atoms with Crippen LogP contribution in [0.1, 0.15) is 25.7 Å². The van der Waals surface area contributed by atoms with Gasteiger partial charge in [-0.3, -0.25) is 10.1 Å². The minimum Gasteiger partial charge on any atom is -0.369 e. The first-order valence-electron chi connectivity index (χ1n) is 7.50. The molecule has 114 valence electrons. The van der Waals surface area contributed by atoms with Crippen LogP contribution in [0.25, 0.3) is 0 Å². The maximum atomic E-state index is 12.3. The maximum absolute atomic E-state index is 12.3. The Morgan fingerprint density at radius 3 is 2.90 bits per heavy atom. The predicted octanol–water partition coefficient (Wildman–Crippen LogP) is 1.02. The largest absolute Gasteiger partial charge is 0.369 e. The van der Waals surface area contributed by atoms with Crippen LogP contribution in [-0.2, 0) is 11.3 Å². The van der Waals surface area contributed by atoms with E-state index in [9.17, 15) is 9.59 Å². The molecule has 1 atom stereocenters. The Balaban J connectivity index is 1.60. The molecule has 0 spiro atoms. The Labute approximate surface area is 123 Å². The van der Waals surface area contributed by atoms with E-state index in [-0.39, 0.29) is 17.9 Å². The van der Waals surface area contributed by atoms with Gasteiger partial charge in [0.25, 0.3) is 0 Å². The van der Waals surface area contributed by atoms with Gasteiger partial charge >= 0.3 is 6.03 Å². The highest BCUT2D eigenvalue weighted by atomic mass is 16.2. The zero-order valence-electron chi connectivity index (χ0n) is 12.0. The minimum atomic E-state index is -0.328. The summed E-state index contributed by atoms with van der Waals surface area (Å²) in [4.78, 5) is 25.2. The lowest BCUT2D eigenvalue weighted by Gasteiger charge is -2.31. The second kappa shape index (κ2) is 5.75. The van der Waals surface area contributed by atoms with Crippen LogP contribution >= 0.6 is 0 Å². The Morgan fingerprint density at radius 2 is 2.19 bits per heavy atom. The van der Waals surface area contributed by atoms with Gasteiger partial charge in [0.05, 0.1) is 12.1 Å². The molecule has 1 aliphatic heterocycles. The van der Waals surface area contributed by atoms with Crippen molar-refractivity contribution in [2.75, 3.05) is 18.4 Å². The lowest BCUT2D eigenvalue weighted by Crippen LogP contribution is -2.46. The van der Waals surface area contributed by atoms with Crippen molar-refractivity contribution in [3.05, 3.63) is 12.3 Å². The smallest absolute Gasteiger partial charge is 0.323 e. The number of rotatable bonds is 4. The molecule has 0 unspecified atom stereocenters. The molecule has 1 saturated carbocycles. The molecule has 2 fully saturated rings. The number of aromatic nitrogens is 2. The lowest BCUT2D eigenvalue weighted by molar-refractivity contribution is -0.123. The van der Waals surface area contributed by atoms with Crippen molar-refractivity contribution in [1.82, 2.24) is 14.7 Å². The third-order valence-electron chi connectivity index (χ3n) is 4.19. The number of primary amides is 1. The van der Waals surface area contributed by atoms with Crippen molar-refractivity contribution in [3.63, 3.8) is 0 Å². The maximum Gasteiger partial charge on any atom is 0.323 e. The van der Waals surface area contributed by atoms with Crippen molar-refractivity contribution < 1.29 is 9.59 Å². The van der Waals surface area contributed by atoms with Crippen molar-refractivity contribution in [1.29, 1.82) is 0 Å². The molecule has 3 amide bonds. The third-order valence-corrected chi connectivity index (χ3v) is 4.19. The second-order valence-electron chi connectivity index (χ2n) is 5.96. The number of carbonyl (C=O) groups is 2. The molecular formula is C14H21N5O2. The molecule has 1 aromatic rings. The Bertz CT molecular complexity index is 537. The summed E-state index contributed by atoms with van der Waals surface area (Å²) in [6.07, 6.45) is 5.74. The number of hydrogen-bond donors (Lipinski definition) is 2. The Kier molecular flexibility index (Phi) is 3.81. The molecule has 3 rings (SSSR count).